The number of carbonyl (C=O) groups is 2. The standard InChI is InChI=1S/C13H17N3O3/c1-8(17)11-7-14-9(2)15-12(11)10-3-5-16(6-4-10)13(18)19/h7,10H,3-6H2,1-2H3,(H,18,19). The number of hydrogen-bond acceptors (Lipinski definition) is 4. The lowest BCUT2D eigenvalue weighted by atomic mass is 9.90. The second kappa shape index (κ2) is 5.34. The lowest BCUT2D eigenvalue weighted by Crippen LogP contribution is -2.37. The third-order valence-electron chi connectivity index (χ3n) is 3.47. The van der Waals surface area contributed by atoms with Crippen molar-refractivity contribution in [3.05, 3.63) is 23.3 Å². The number of piperidine rings is 1. The smallest absolute Gasteiger partial charge is 0.407 e. The molecule has 0 saturated carbocycles. The molecule has 102 valence electrons. The van der Waals surface area contributed by atoms with E-state index in [1.807, 2.05) is 0 Å². The number of hydrogen-bond donors (Lipinski definition) is 1. The van der Waals surface area contributed by atoms with E-state index in [2.05, 4.69) is 9.97 Å². The molecule has 1 N–H and O–H groups in total. The van der Waals surface area contributed by atoms with Crippen LogP contribution in [0.4, 0.5) is 4.79 Å². The highest BCUT2D eigenvalue weighted by Gasteiger charge is 2.27. The molecular weight excluding hydrogens is 246 g/mol. The van der Waals surface area contributed by atoms with Gasteiger partial charge < -0.3 is 10.0 Å². The number of carboxylic acid groups (broad SMARTS) is 1. The van der Waals surface area contributed by atoms with Crippen LogP contribution in [0.1, 0.15) is 47.6 Å². The number of ketones is 1. The molecule has 1 aromatic heterocycles. The maximum Gasteiger partial charge on any atom is 0.407 e. The van der Waals surface area contributed by atoms with Gasteiger partial charge in [0.05, 0.1) is 11.3 Å². The molecule has 2 rings (SSSR count). The Labute approximate surface area is 111 Å². The SMILES string of the molecule is CC(=O)c1cnc(C)nc1C1CCN(C(=O)O)CC1. The summed E-state index contributed by atoms with van der Waals surface area (Å²) in [4.78, 5) is 32.3. The van der Waals surface area contributed by atoms with E-state index in [1.54, 1.807) is 13.1 Å². The highest BCUT2D eigenvalue weighted by molar-refractivity contribution is 5.95. The van der Waals surface area contributed by atoms with Crippen LogP contribution in [-0.2, 0) is 0 Å². The monoisotopic (exact) mass is 263 g/mol. The van der Waals surface area contributed by atoms with Crippen LogP contribution >= 0.6 is 0 Å². The quantitative estimate of drug-likeness (QED) is 0.823. The van der Waals surface area contributed by atoms with Gasteiger partial charge in [-0.1, -0.05) is 0 Å². The predicted molar refractivity (Wildman–Crippen MR) is 68.3 cm³/mol. The summed E-state index contributed by atoms with van der Waals surface area (Å²) in [6.07, 6.45) is 2.08. The second-order valence-corrected chi connectivity index (χ2v) is 4.82. The van der Waals surface area contributed by atoms with Gasteiger partial charge in [-0.05, 0) is 26.7 Å². The third-order valence-corrected chi connectivity index (χ3v) is 3.47. The molecule has 0 aromatic carbocycles. The fourth-order valence-corrected chi connectivity index (χ4v) is 2.41. The molecule has 1 aliphatic rings. The first-order valence-electron chi connectivity index (χ1n) is 6.31. The zero-order chi connectivity index (χ0) is 14.0. The molecule has 0 aliphatic carbocycles. The van der Waals surface area contributed by atoms with Crippen LogP contribution in [-0.4, -0.2) is 44.9 Å². The van der Waals surface area contributed by atoms with Crippen LogP contribution < -0.4 is 0 Å². The first-order chi connectivity index (χ1) is 8.99. The summed E-state index contributed by atoms with van der Waals surface area (Å²) in [5.41, 5.74) is 1.32. The van der Waals surface area contributed by atoms with Crippen molar-refractivity contribution in [2.75, 3.05) is 13.1 Å². The molecule has 0 spiro atoms. The highest BCUT2D eigenvalue weighted by atomic mass is 16.4. The fraction of sp³-hybridized carbons (Fsp3) is 0.538. The van der Waals surface area contributed by atoms with Crippen molar-refractivity contribution in [3.8, 4) is 0 Å². The number of aryl methyl sites for hydroxylation is 1. The Morgan fingerprint density at radius 2 is 2.00 bits per heavy atom. The molecule has 6 heteroatoms. The number of likely N-dealkylation sites (tertiary alicyclic amines) is 1. The van der Waals surface area contributed by atoms with E-state index >= 15 is 0 Å². The molecule has 19 heavy (non-hydrogen) atoms. The van der Waals surface area contributed by atoms with Crippen molar-refractivity contribution in [1.82, 2.24) is 14.9 Å². The molecule has 1 aliphatic heterocycles. The van der Waals surface area contributed by atoms with Crippen LogP contribution in [0.2, 0.25) is 0 Å². The molecule has 6 nitrogen and oxygen atoms in total. The van der Waals surface area contributed by atoms with Crippen molar-refractivity contribution >= 4 is 11.9 Å². The number of amides is 1. The van der Waals surface area contributed by atoms with Gasteiger partial charge in [-0.2, -0.15) is 0 Å². The van der Waals surface area contributed by atoms with Gasteiger partial charge in [0, 0.05) is 25.2 Å². The molecule has 0 atom stereocenters. The fourth-order valence-electron chi connectivity index (χ4n) is 2.41. The normalized spacial score (nSPS) is 16.4. The molecule has 0 unspecified atom stereocenters. The molecule has 1 saturated heterocycles. The Morgan fingerprint density at radius 1 is 1.37 bits per heavy atom. The lowest BCUT2D eigenvalue weighted by Gasteiger charge is -2.30. The average molecular weight is 263 g/mol. The molecule has 0 radical (unpaired) electrons. The van der Waals surface area contributed by atoms with Crippen molar-refractivity contribution in [1.29, 1.82) is 0 Å². The van der Waals surface area contributed by atoms with Crippen molar-refractivity contribution in [2.24, 2.45) is 0 Å². The number of rotatable bonds is 2. The largest absolute Gasteiger partial charge is 0.465 e. The Bertz CT molecular complexity index is 508. The van der Waals surface area contributed by atoms with E-state index in [0.29, 0.717) is 37.3 Å². The number of Topliss-reactive ketones (excluding diaryl/α,β-unsaturated/α-hetero) is 1. The molecule has 0 bridgehead atoms. The van der Waals surface area contributed by atoms with E-state index in [1.165, 1.54) is 11.8 Å². The molecule has 1 aromatic rings. The summed E-state index contributed by atoms with van der Waals surface area (Å²) in [5.74, 6) is 0.729. The number of carbonyl (C=O) groups excluding carboxylic acids is 1. The highest BCUT2D eigenvalue weighted by Crippen LogP contribution is 2.29. The summed E-state index contributed by atoms with van der Waals surface area (Å²) in [5, 5.41) is 8.93. The molecule has 2 heterocycles. The molecular formula is C13H17N3O3. The minimum Gasteiger partial charge on any atom is -0.465 e. The van der Waals surface area contributed by atoms with Crippen LogP contribution in [0, 0.1) is 6.92 Å². The zero-order valence-electron chi connectivity index (χ0n) is 11.1. The van der Waals surface area contributed by atoms with E-state index in [0.717, 1.165) is 5.69 Å². The van der Waals surface area contributed by atoms with Gasteiger partial charge in [0.25, 0.3) is 0 Å². The van der Waals surface area contributed by atoms with Gasteiger partial charge in [0.2, 0.25) is 0 Å². The van der Waals surface area contributed by atoms with Crippen LogP contribution in [0.5, 0.6) is 0 Å². The molecule has 1 amide bonds. The van der Waals surface area contributed by atoms with Gasteiger partial charge in [-0.3, -0.25) is 4.79 Å². The van der Waals surface area contributed by atoms with E-state index in [9.17, 15) is 9.59 Å². The maximum atomic E-state index is 11.6. The number of aromatic nitrogens is 2. The van der Waals surface area contributed by atoms with Gasteiger partial charge in [0.1, 0.15) is 5.82 Å². The Balaban J connectivity index is 2.21. The topological polar surface area (TPSA) is 83.4 Å². The van der Waals surface area contributed by atoms with Crippen molar-refractivity contribution in [2.45, 2.75) is 32.6 Å². The van der Waals surface area contributed by atoms with Crippen LogP contribution in [0.15, 0.2) is 6.20 Å². The van der Waals surface area contributed by atoms with Crippen LogP contribution in [0.25, 0.3) is 0 Å². The minimum atomic E-state index is -0.885. The zero-order valence-corrected chi connectivity index (χ0v) is 11.1. The lowest BCUT2D eigenvalue weighted by molar-refractivity contribution is 0.101. The third kappa shape index (κ3) is 2.89. The van der Waals surface area contributed by atoms with E-state index < -0.39 is 6.09 Å². The summed E-state index contributed by atoms with van der Waals surface area (Å²) in [6, 6.07) is 0. The first kappa shape index (κ1) is 13.5. The minimum absolute atomic E-state index is 0.0457. The Hall–Kier alpha value is -1.98. The van der Waals surface area contributed by atoms with Gasteiger partial charge in [-0.15, -0.1) is 0 Å². The van der Waals surface area contributed by atoms with E-state index in [-0.39, 0.29) is 11.7 Å². The van der Waals surface area contributed by atoms with Crippen LogP contribution in [0.3, 0.4) is 0 Å². The van der Waals surface area contributed by atoms with Crippen molar-refractivity contribution in [3.63, 3.8) is 0 Å². The van der Waals surface area contributed by atoms with Gasteiger partial charge in [0.15, 0.2) is 5.78 Å². The maximum absolute atomic E-state index is 11.6. The summed E-state index contributed by atoms with van der Waals surface area (Å²) in [6.45, 7) is 4.27. The van der Waals surface area contributed by atoms with E-state index in [4.69, 9.17) is 5.11 Å². The number of nitrogens with zero attached hydrogens (tertiary/aromatic N) is 3. The first-order valence-corrected chi connectivity index (χ1v) is 6.31. The molecule has 1 fully saturated rings. The van der Waals surface area contributed by atoms with Gasteiger partial charge in [-0.25, -0.2) is 14.8 Å². The predicted octanol–water partition coefficient (Wildman–Crippen LogP) is 1.85. The van der Waals surface area contributed by atoms with Gasteiger partial charge >= 0.3 is 6.09 Å². The Morgan fingerprint density at radius 3 is 2.53 bits per heavy atom. The van der Waals surface area contributed by atoms with Crippen molar-refractivity contribution < 1.29 is 14.7 Å². The average Bonchev–Trinajstić information content (AvgIpc) is 2.38. The Kier molecular flexibility index (Phi) is 3.78. The second-order valence-electron chi connectivity index (χ2n) is 4.82. The summed E-state index contributed by atoms with van der Waals surface area (Å²) in [7, 11) is 0. The summed E-state index contributed by atoms with van der Waals surface area (Å²) < 4.78 is 0. The summed E-state index contributed by atoms with van der Waals surface area (Å²) >= 11 is 0.